The van der Waals surface area contributed by atoms with Gasteiger partial charge in [-0.1, -0.05) is 0 Å². The summed E-state index contributed by atoms with van der Waals surface area (Å²) in [5.74, 6) is 0.586. The predicted molar refractivity (Wildman–Crippen MR) is 93.8 cm³/mol. The van der Waals surface area contributed by atoms with Gasteiger partial charge >= 0.3 is 0 Å². The average Bonchev–Trinajstić information content (AvgIpc) is 3.04. The van der Waals surface area contributed by atoms with Gasteiger partial charge in [-0.25, -0.2) is 0 Å². The van der Waals surface area contributed by atoms with Gasteiger partial charge in [0.15, 0.2) is 0 Å². The average molecular weight is 345 g/mol. The van der Waals surface area contributed by atoms with Crippen molar-refractivity contribution in [2.24, 2.45) is 5.92 Å². The Bertz CT molecular complexity index is 579. The van der Waals surface area contributed by atoms with Crippen molar-refractivity contribution in [2.45, 2.75) is 44.6 Å². The van der Waals surface area contributed by atoms with Crippen LogP contribution in [0.3, 0.4) is 0 Å². The quantitative estimate of drug-likeness (QED) is 0.814. The minimum absolute atomic E-state index is 0.0553. The van der Waals surface area contributed by atoms with E-state index in [0.717, 1.165) is 32.2 Å². The minimum atomic E-state index is 0.0553. The zero-order valence-corrected chi connectivity index (χ0v) is 14.7. The molecule has 0 spiro atoms. The summed E-state index contributed by atoms with van der Waals surface area (Å²) in [6.07, 6.45) is 8.38. The molecule has 0 radical (unpaired) electrons. The van der Waals surface area contributed by atoms with Crippen LogP contribution >= 0.6 is 0 Å². The molecular formula is C19H27N3O3. The Kier molecular flexibility index (Phi) is 6.39. The third-order valence-electron chi connectivity index (χ3n) is 5.05. The number of rotatable bonds is 7. The molecule has 1 N–H and O–H groups in total. The van der Waals surface area contributed by atoms with Crippen molar-refractivity contribution in [3.05, 3.63) is 30.1 Å². The Morgan fingerprint density at radius 2 is 2.12 bits per heavy atom. The number of likely N-dealkylation sites (tertiary alicyclic amines) is 1. The molecule has 2 aliphatic heterocycles. The van der Waals surface area contributed by atoms with Gasteiger partial charge < -0.3 is 15.0 Å². The normalized spacial score (nSPS) is 23.7. The van der Waals surface area contributed by atoms with Crippen LogP contribution in [0.15, 0.2) is 24.5 Å². The Hall–Kier alpha value is -1.95. The maximum Gasteiger partial charge on any atom is 0.222 e. The van der Waals surface area contributed by atoms with Gasteiger partial charge in [0.1, 0.15) is 0 Å². The zero-order chi connectivity index (χ0) is 17.5. The smallest absolute Gasteiger partial charge is 0.222 e. The van der Waals surface area contributed by atoms with Crippen LogP contribution in [-0.2, 0) is 20.7 Å². The first-order valence-corrected chi connectivity index (χ1v) is 9.26. The summed E-state index contributed by atoms with van der Waals surface area (Å²) >= 11 is 0. The number of hydrogen-bond acceptors (Lipinski definition) is 4. The number of carbonyl (C=O) groups excluding carboxylic acids is 2. The van der Waals surface area contributed by atoms with Crippen LogP contribution in [0.2, 0.25) is 0 Å². The van der Waals surface area contributed by atoms with Crippen molar-refractivity contribution >= 4 is 11.8 Å². The SMILES string of the molecule is O=C(CCCN1CCCCC1=O)N[C@H]1COC[C@H]1Cc1ccncc1. The summed E-state index contributed by atoms with van der Waals surface area (Å²) < 4.78 is 5.57. The number of ether oxygens (including phenoxy) is 1. The second-order valence-electron chi connectivity index (χ2n) is 6.97. The molecule has 0 unspecified atom stereocenters. The second kappa shape index (κ2) is 8.94. The van der Waals surface area contributed by atoms with Crippen molar-refractivity contribution in [1.29, 1.82) is 0 Å². The maximum atomic E-state index is 12.2. The van der Waals surface area contributed by atoms with Gasteiger partial charge in [0, 0.05) is 44.2 Å². The third kappa shape index (κ3) is 5.26. The van der Waals surface area contributed by atoms with Crippen LogP contribution in [0.5, 0.6) is 0 Å². The minimum Gasteiger partial charge on any atom is -0.379 e. The van der Waals surface area contributed by atoms with E-state index in [1.807, 2.05) is 17.0 Å². The molecule has 1 aromatic rings. The van der Waals surface area contributed by atoms with Gasteiger partial charge in [-0.15, -0.1) is 0 Å². The highest BCUT2D eigenvalue weighted by Gasteiger charge is 2.29. The topological polar surface area (TPSA) is 71.5 Å². The van der Waals surface area contributed by atoms with Crippen LogP contribution in [0, 0.1) is 5.92 Å². The molecule has 136 valence electrons. The fourth-order valence-corrected chi connectivity index (χ4v) is 3.59. The number of nitrogens with one attached hydrogen (secondary N) is 1. The summed E-state index contributed by atoms with van der Waals surface area (Å²) in [5, 5.41) is 3.12. The monoisotopic (exact) mass is 345 g/mol. The van der Waals surface area contributed by atoms with Crippen LogP contribution in [0.1, 0.15) is 37.7 Å². The van der Waals surface area contributed by atoms with Crippen molar-refractivity contribution in [1.82, 2.24) is 15.2 Å². The summed E-state index contributed by atoms with van der Waals surface area (Å²) in [6.45, 7) is 2.78. The lowest BCUT2D eigenvalue weighted by Crippen LogP contribution is -2.41. The Balaban J connectivity index is 1.40. The van der Waals surface area contributed by atoms with E-state index in [9.17, 15) is 9.59 Å². The first-order valence-electron chi connectivity index (χ1n) is 9.26. The molecule has 0 saturated carbocycles. The largest absolute Gasteiger partial charge is 0.379 e. The van der Waals surface area contributed by atoms with E-state index in [1.54, 1.807) is 12.4 Å². The van der Waals surface area contributed by atoms with Gasteiger partial charge in [0.25, 0.3) is 0 Å². The van der Waals surface area contributed by atoms with Gasteiger partial charge in [-0.05, 0) is 43.4 Å². The maximum absolute atomic E-state index is 12.2. The van der Waals surface area contributed by atoms with Crippen LogP contribution in [0.4, 0.5) is 0 Å². The summed E-state index contributed by atoms with van der Waals surface area (Å²) in [6, 6.07) is 4.08. The molecule has 25 heavy (non-hydrogen) atoms. The fraction of sp³-hybridized carbons (Fsp3) is 0.632. The Morgan fingerprint density at radius 1 is 1.28 bits per heavy atom. The fourth-order valence-electron chi connectivity index (χ4n) is 3.59. The highest BCUT2D eigenvalue weighted by molar-refractivity contribution is 5.77. The van der Waals surface area contributed by atoms with Gasteiger partial charge in [-0.2, -0.15) is 0 Å². The molecule has 2 atom stereocenters. The molecule has 0 aromatic carbocycles. The highest BCUT2D eigenvalue weighted by atomic mass is 16.5. The van der Waals surface area contributed by atoms with E-state index < -0.39 is 0 Å². The molecule has 0 aliphatic carbocycles. The van der Waals surface area contributed by atoms with E-state index in [-0.39, 0.29) is 17.9 Å². The van der Waals surface area contributed by atoms with E-state index in [2.05, 4.69) is 10.3 Å². The molecule has 3 heterocycles. The summed E-state index contributed by atoms with van der Waals surface area (Å²) in [7, 11) is 0. The number of pyridine rings is 1. The number of carbonyl (C=O) groups is 2. The highest BCUT2D eigenvalue weighted by Crippen LogP contribution is 2.19. The summed E-state index contributed by atoms with van der Waals surface area (Å²) in [4.78, 5) is 29.9. The Morgan fingerprint density at radius 3 is 2.92 bits per heavy atom. The Labute approximate surface area is 148 Å². The zero-order valence-electron chi connectivity index (χ0n) is 14.7. The van der Waals surface area contributed by atoms with E-state index in [4.69, 9.17) is 4.74 Å². The van der Waals surface area contributed by atoms with E-state index in [0.29, 0.717) is 38.5 Å². The lowest BCUT2D eigenvalue weighted by molar-refractivity contribution is -0.133. The molecule has 6 heteroatoms. The molecule has 2 amide bonds. The van der Waals surface area contributed by atoms with E-state index in [1.165, 1.54) is 5.56 Å². The lowest BCUT2D eigenvalue weighted by atomic mass is 9.95. The summed E-state index contributed by atoms with van der Waals surface area (Å²) in [5.41, 5.74) is 1.22. The molecule has 2 aliphatic rings. The van der Waals surface area contributed by atoms with Crippen molar-refractivity contribution < 1.29 is 14.3 Å². The number of amides is 2. The molecule has 2 saturated heterocycles. The van der Waals surface area contributed by atoms with Crippen LogP contribution < -0.4 is 5.32 Å². The third-order valence-corrected chi connectivity index (χ3v) is 5.05. The number of hydrogen-bond donors (Lipinski definition) is 1. The molecule has 0 bridgehead atoms. The molecule has 3 rings (SSSR count). The van der Waals surface area contributed by atoms with Crippen LogP contribution in [0.25, 0.3) is 0 Å². The van der Waals surface area contributed by atoms with Crippen molar-refractivity contribution in [3.8, 4) is 0 Å². The first kappa shape index (κ1) is 17.9. The number of aromatic nitrogens is 1. The second-order valence-corrected chi connectivity index (χ2v) is 6.97. The molecule has 2 fully saturated rings. The standard InChI is InChI=1S/C19H27N3O3/c23-18(4-3-11-22-10-2-1-5-19(22)24)21-17-14-25-13-16(17)12-15-6-8-20-9-7-15/h6-9,16-17H,1-5,10-14H2,(H,21,23)/t16-,17+/m1/s1. The number of piperidine rings is 1. The number of nitrogens with zero attached hydrogens (tertiary/aromatic N) is 2. The lowest BCUT2D eigenvalue weighted by Gasteiger charge is -2.26. The van der Waals surface area contributed by atoms with Gasteiger partial charge in [-0.3, -0.25) is 14.6 Å². The van der Waals surface area contributed by atoms with Crippen molar-refractivity contribution in [2.75, 3.05) is 26.3 Å². The first-order chi connectivity index (χ1) is 12.2. The van der Waals surface area contributed by atoms with Gasteiger partial charge in [0.05, 0.1) is 19.3 Å². The molecular weight excluding hydrogens is 318 g/mol. The van der Waals surface area contributed by atoms with E-state index >= 15 is 0 Å². The van der Waals surface area contributed by atoms with Crippen molar-refractivity contribution in [3.63, 3.8) is 0 Å². The molecule has 1 aromatic heterocycles. The van der Waals surface area contributed by atoms with Crippen LogP contribution in [-0.4, -0.2) is 54.0 Å². The molecule has 6 nitrogen and oxygen atoms in total. The predicted octanol–water partition coefficient (Wildman–Crippen LogP) is 1.55. The van der Waals surface area contributed by atoms with Gasteiger partial charge in [0.2, 0.25) is 11.8 Å².